The van der Waals surface area contributed by atoms with Gasteiger partial charge in [-0.1, -0.05) is 40.9 Å². The Kier molecular flexibility index (Phi) is 5.82. The van der Waals surface area contributed by atoms with Gasteiger partial charge >= 0.3 is 5.97 Å². The van der Waals surface area contributed by atoms with Gasteiger partial charge in [0.2, 0.25) is 0 Å². The maximum absolute atomic E-state index is 13.0. The molecule has 24 heavy (non-hydrogen) atoms. The second-order valence-corrected chi connectivity index (χ2v) is 5.54. The number of halogens is 4. The van der Waals surface area contributed by atoms with E-state index in [2.05, 4.69) is 10.3 Å². The molecule has 0 aliphatic heterocycles. The fraction of sp³-hybridized carbons (Fsp3) is 0.0714. The van der Waals surface area contributed by atoms with Crippen LogP contribution in [0.2, 0.25) is 15.2 Å². The Morgan fingerprint density at radius 3 is 2.62 bits per heavy atom. The fourth-order valence-corrected chi connectivity index (χ4v) is 2.21. The number of rotatable bonds is 4. The third-order valence-corrected chi connectivity index (χ3v) is 3.84. The molecule has 1 heterocycles. The Labute approximate surface area is 150 Å². The molecule has 10 heteroatoms. The molecule has 0 aliphatic carbocycles. The first-order chi connectivity index (χ1) is 11.3. The lowest BCUT2D eigenvalue weighted by molar-refractivity contribution is -0.119. The minimum absolute atomic E-state index is 0.0953. The second-order valence-electron chi connectivity index (χ2n) is 4.43. The summed E-state index contributed by atoms with van der Waals surface area (Å²) < 4.78 is 17.8. The molecule has 0 aliphatic rings. The van der Waals surface area contributed by atoms with Crippen molar-refractivity contribution in [2.24, 2.45) is 0 Å². The lowest BCUT2D eigenvalue weighted by Gasteiger charge is -2.09. The summed E-state index contributed by atoms with van der Waals surface area (Å²) in [6.45, 7) is -0.645. The third kappa shape index (κ3) is 4.25. The number of carbonyl (C=O) groups excluding carboxylic acids is 2. The van der Waals surface area contributed by atoms with Crippen LogP contribution >= 0.6 is 34.8 Å². The Bertz CT molecular complexity index is 817. The number of nitrogens with zero attached hydrogens (tertiary/aromatic N) is 1. The van der Waals surface area contributed by atoms with Crippen molar-refractivity contribution in [3.63, 3.8) is 0 Å². The van der Waals surface area contributed by atoms with Crippen LogP contribution in [-0.2, 0) is 9.53 Å². The van der Waals surface area contributed by atoms with E-state index in [0.717, 1.165) is 6.07 Å². The lowest BCUT2D eigenvalue weighted by Crippen LogP contribution is -2.21. The van der Waals surface area contributed by atoms with E-state index in [1.807, 2.05) is 0 Å². The smallest absolute Gasteiger partial charge is 0.359 e. The van der Waals surface area contributed by atoms with Crippen LogP contribution in [0.25, 0.3) is 0 Å². The van der Waals surface area contributed by atoms with Crippen molar-refractivity contribution >= 4 is 58.1 Å². The van der Waals surface area contributed by atoms with Crippen LogP contribution in [0.1, 0.15) is 10.5 Å². The summed E-state index contributed by atoms with van der Waals surface area (Å²) >= 11 is 17.3. The van der Waals surface area contributed by atoms with Gasteiger partial charge in [0.05, 0.1) is 10.7 Å². The molecule has 1 aromatic heterocycles. The largest absolute Gasteiger partial charge is 0.451 e. The summed E-state index contributed by atoms with van der Waals surface area (Å²) in [7, 11) is 0. The predicted molar refractivity (Wildman–Crippen MR) is 89.0 cm³/mol. The SMILES string of the molecule is Nc1c(Cl)c(Cl)nc(C(=O)OCC(=O)Nc2cccc(F)c2)c1Cl. The number of nitrogens with two attached hydrogens (primary N) is 1. The lowest BCUT2D eigenvalue weighted by atomic mass is 10.3. The quantitative estimate of drug-likeness (QED) is 0.613. The van der Waals surface area contributed by atoms with Crippen molar-refractivity contribution in [2.75, 3.05) is 17.7 Å². The molecule has 126 valence electrons. The van der Waals surface area contributed by atoms with E-state index in [0.29, 0.717) is 0 Å². The van der Waals surface area contributed by atoms with E-state index in [-0.39, 0.29) is 32.3 Å². The van der Waals surface area contributed by atoms with Gasteiger partial charge in [0, 0.05) is 5.69 Å². The molecule has 0 saturated carbocycles. The van der Waals surface area contributed by atoms with Gasteiger partial charge in [-0.25, -0.2) is 14.2 Å². The molecule has 3 N–H and O–H groups in total. The van der Waals surface area contributed by atoms with Crippen molar-refractivity contribution in [3.8, 4) is 0 Å². The number of nitrogen functional groups attached to an aromatic ring is 1. The molecular weight excluding hydrogens is 384 g/mol. The van der Waals surface area contributed by atoms with Crippen LogP contribution < -0.4 is 11.1 Å². The van der Waals surface area contributed by atoms with E-state index in [1.54, 1.807) is 0 Å². The van der Waals surface area contributed by atoms with Crippen LogP contribution in [0, 0.1) is 5.82 Å². The van der Waals surface area contributed by atoms with Crippen LogP contribution in [-0.4, -0.2) is 23.5 Å². The van der Waals surface area contributed by atoms with Gasteiger partial charge in [-0.05, 0) is 18.2 Å². The summed E-state index contributed by atoms with van der Waals surface area (Å²) in [5.41, 5.74) is 5.29. The van der Waals surface area contributed by atoms with Crippen molar-refractivity contribution in [3.05, 3.63) is 51.0 Å². The molecule has 1 aromatic carbocycles. The summed E-state index contributed by atoms with van der Waals surface area (Å²) in [5.74, 6) is -2.22. The standard InChI is InChI=1S/C14H9Cl3FN3O3/c15-9-11(19)10(16)13(17)21-12(9)14(23)24-5-8(22)20-7-3-1-2-6(18)4-7/h1-4H,5H2,(H2,19,21)(H,20,22). The number of ether oxygens (including phenoxy) is 1. The Morgan fingerprint density at radius 2 is 1.96 bits per heavy atom. The summed E-state index contributed by atoms with van der Waals surface area (Å²) in [5, 5.41) is 1.80. The number of aromatic nitrogens is 1. The van der Waals surface area contributed by atoms with E-state index >= 15 is 0 Å². The van der Waals surface area contributed by atoms with Crippen molar-refractivity contribution in [2.45, 2.75) is 0 Å². The number of anilines is 2. The zero-order valence-corrected chi connectivity index (χ0v) is 14.0. The van der Waals surface area contributed by atoms with Gasteiger partial charge in [0.15, 0.2) is 17.5 Å². The van der Waals surface area contributed by atoms with Crippen LogP contribution in [0.3, 0.4) is 0 Å². The molecule has 0 radical (unpaired) electrons. The van der Waals surface area contributed by atoms with Crippen molar-refractivity contribution in [1.29, 1.82) is 0 Å². The molecule has 2 rings (SSSR count). The molecule has 0 spiro atoms. The number of benzene rings is 1. The number of hydrogen-bond donors (Lipinski definition) is 2. The van der Waals surface area contributed by atoms with E-state index in [4.69, 9.17) is 45.3 Å². The van der Waals surface area contributed by atoms with E-state index < -0.39 is 24.3 Å². The highest BCUT2D eigenvalue weighted by Crippen LogP contribution is 2.34. The number of pyridine rings is 1. The Morgan fingerprint density at radius 1 is 1.25 bits per heavy atom. The normalized spacial score (nSPS) is 10.3. The molecule has 0 saturated heterocycles. The summed E-state index contributed by atoms with van der Waals surface area (Å²) in [6, 6.07) is 5.22. The first-order valence-corrected chi connectivity index (χ1v) is 7.45. The molecule has 2 aromatic rings. The zero-order valence-electron chi connectivity index (χ0n) is 11.8. The average Bonchev–Trinajstić information content (AvgIpc) is 2.54. The topological polar surface area (TPSA) is 94.3 Å². The molecule has 0 fully saturated rings. The van der Waals surface area contributed by atoms with E-state index in [9.17, 15) is 14.0 Å². The van der Waals surface area contributed by atoms with Gasteiger partial charge in [-0.3, -0.25) is 4.79 Å². The van der Waals surface area contributed by atoms with Crippen LogP contribution in [0.15, 0.2) is 24.3 Å². The number of nitrogens with one attached hydrogen (secondary N) is 1. The van der Waals surface area contributed by atoms with Crippen LogP contribution in [0.5, 0.6) is 0 Å². The highest BCUT2D eigenvalue weighted by Gasteiger charge is 2.21. The monoisotopic (exact) mass is 391 g/mol. The van der Waals surface area contributed by atoms with Gasteiger partial charge in [0.25, 0.3) is 5.91 Å². The molecule has 0 unspecified atom stereocenters. The third-order valence-electron chi connectivity index (χ3n) is 2.71. The van der Waals surface area contributed by atoms with Gasteiger partial charge in [-0.15, -0.1) is 0 Å². The van der Waals surface area contributed by atoms with Gasteiger partial charge in [-0.2, -0.15) is 0 Å². The van der Waals surface area contributed by atoms with Crippen molar-refractivity contribution < 1.29 is 18.7 Å². The maximum atomic E-state index is 13.0. The molecule has 1 amide bonds. The number of carbonyl (C=O) groups is 2. The number of esters is 1. The van der Waals surface area contributed by atoms with Gasteiger partial charge < -0.3 is 15.8 Å². The predicted octanol–water partition coefficient (Wildman–Crippen LogP) is 3.56. The maximum Gasteiger partial charge on any atom is 0.359 e. The summed E-state index contributed by atoms with van der Waals surface area (Å²) in [4.78, 5) is 27.3. The molecule has 6 nitrogen and oxygen atoms in total. The minimum atomic E-state index is -1.01. The summed E-state index contributed by atoms with van der Waals surface area (Å²) in [6.07, 6.45) is 0. The fourth-order valence-electron chi connectivity index (χ4n) is 1.63. The number of amides is 1. The Balaban J connectivity index is 2.02. The minimum Gasteiger partial charge on any atom is -0.451 e. The highest BCUT2D eigenvalue weighted by molar-refractivity contribution is 6.46. The zero-order chi connectivity index (χ0) is 17.9. The van der Waals surface area contributed by atoms with Crippen LogP contribution in [0.4, 0.5) is 15.8 Å². The number of hydrogen-bond acceptors (Lipinski definition) is 5. The van der Waals surface area contributed by atoms with E-state index in [1.165, 1.54) is 18.2 Å². The van der Waals surface area contributed by atoms with Crippen molar-refractivity contribution in [1.82, 2.24) is 4.98 Å². The molecule has 0 bridgehead atoms. The second kappa shape index (κ2) is 7.65. The highest BCUT2D eigenvalue weighted by atomic mass is 35.5. The Hall–Kier alpha value is -2.09. The molecule has 0 atom stereocenters. The average molecular weight is 393 g/mol. The first-order valence-electron chi connectivity index (χ1n) is 6.32. The molecular formula is C14H9Cl3FN3O3. The van der Waals surface area contributed by atoms with Gasteiger partial charge in [0.1, 0.15) is 10.8 Å². The first kappa shape index (κ1) is 18.3.